The summed E-state index contributed by atoms with van der Waals surface area (Å²) in [5.74, 6) is 0.647. The highest BCUT2D eigenvalue weighted by molar-refractivity contribution is 5.47. The molecule has 0 spiro atoms. The van der Waals surface area contributed by atoms with Crippen molar-refractivity contribution in [3.63, 3.8) is 0 Å². The molecule has 0 aliphatic heterocycles. The second kappa shape index (κ2) is 7.09. The standard InChI is InChI=1S/C17H21FN2O/c1-3-21-17-9-8-15(19)10-14(17)12-20(2)11-13-6-4-5-7-16(13)18/h4-10H,3,11-12,19H2,1-2H3. The summed E-state index contributed by atoms with van der Waals surface area (Å²) in [4.78, 5) is 2.04. The summed E-state index contributed by atoms with van der Waals surface area (Å²) in [6, 6.07) is 12.4. The summed E-state index contributed by atoms with van der Waals surface area (Å²) in [5, 5.41) is 0. The highest BCUT2D eigenvalue weighted by Gasteiger charge is 2.10. The van der Waals surface area contributed by atoms with Crippen molar-refractivity contribution in [2.75, 3.05) is 19.4 Å². The predicted octanol–water partition coefficient (Wildman–Crippen LogP) is 3.44. The van der Waals surface area contributed by atoms with Gasteiger partial charge < -0.3 is 10.5 Å². The summed E-state index contributed by atoms with van der Waals surface area (Å²) in [7, 11) is 1.95. The van der Waals surface area contributed by atoms with Crippen LogP contribution in [0.1, 0.15) is 18.1 Å². The Hall–Kier alpha value is -2.07. The number of anilines is 1. The first-order chi connectivity index (χ1) is 10.1. The van der Waals surface area contributed by atoms with E-state index < -0.39 is 0 Å². The lowest BCUT2D eigenvalue weighted by Crippen LogP contribution is -2.18. The van der Waals surface area contributed by atoms with E-state index in [0.29, 0.717) is 30.9 Å². The number of nitrogens with zero attached hydrogens (tertiary/aromatic N) is 1. The fourth-order valence-corrected chi connectivity index (χ4v) is 2.28. The molecule has 2 aromatic rings. The molecule has 3 nitrogen and oxygen atoms in total. The Morgan fingerprint density at radius 3 is 2.52 bits per heavy atom. The van der Waals surface area contributed by atoms with Crippen LogP contribution in [-0.2, 0) is 13.1 Å². The molecule has 0 aliphatic rings. The maximum atomic E-state index is 13.7. The molecule has 0 bridgehead atoms. The molecule has 0 aromatic heterocycles. The number of rotatable bonds is 6. The van der Waals surface area contributed by atoms with Gasteiger partial charge >= 0.3 is 0 Å². The van der Waals surface area contributed by atoms with Crippen molar-refractivity contribution in [3.8, 4) is 5.75 Å². The van der Waals surface area contributed by atoms with E-state index in [1.54, 1.807) is 12.1 Å². The molecule has 4 heteroatoms. The van der Waals surface area contributed by atoms with E-state index >= 15 is 0 Å². The van der Waals surface area contributed by atoms with Crippen molar-refractivity contribution >= 4 is 5.69 Å². The number of hydrogen-bond acceptors (Lipinski definition) is 3. The summed E-state index contributed by atoms with van der Waals surface area (Å²) < 4.78 is 19.3. The lowest BCUT2D eigenvalue weighted by Gasteiger charge is -2.19. The van der Waals surface area contributed by atoms with E-state index in [9.17, 15) is 4.39 Å². The van der Waals surface area contributed by atoms with Crippen LogP contribution < -0.4 is 10.5 Å². The number of nitrogen functional groups attached to an aromatic ring is 1. The number of halogens is 1. The maximum Gasteiger partial charge on any atom is 0.127 e. The molecule has 0 saturated heterocycles. The zero-order valence-corrected chi connectivity index (χ0v) is 12.5. The molecule has 0 amide bonds. The van der Waals surface area contributed by atoms with Crippen LogP contribution in [0.5, 0.6) is 5.75 Å². The average molecular weight is 288 g/mol. The third kappa shape index (κ3) is 4.20. The van der Waals surface area contributed by atoms with Gasteiger partial charge in [0, 0.05) is 29.9 Å². The Labute approximate surface area is 125 Å². The molecule has 0 aliphatic carbocycles. The molecule has 0 unspecified atom stereocenters. The molecule has 2 aromatic carbocycles. The molecule has 21 heavy (non-hydrogen) atoms. The molecule has 2 N–H and O–H groups in total. The van der Waals surface area contributed by atoms with Gasteiger partial charge in [-0.3, -0.25) is 4.90 Å². The van der Waals surface area contributed by atoms with Gasteiger partial charge in [-0.15, -0.1) is 0 Å². The minimum atomic E-state index is -0.179. The zero-order valence-electron chi connectivity index (χ0n) is 12.5. The molecule has 0 saturated carbocycles. The molecule has 2 rings (SSSR count). The number of ether oxygens (including phenoxy) is 1. The minimum Gasteiger partial charge on any atom is -0.494 e. The molecule has 0 heterocycles. The first-order valence-electron chi connectivity index (χ1n) is 7.03. The van der Waals surface area contributed by atoms with Crippen LogP contribution in [0.15, 0.2) is 42.5 Å². The summed E-state index contributed by atoms with van der Waals surface area (Å²) >= 11 is 0. The molecule has 0 atom stereocenters. The van der Waals surface area contributed by atoms with Crippen molar-refractivity contribution in [2.45, 2.75) is 20.0 Å². The quantitative estimate of drug-likeness (QED) is 0.828. The average Bonchev–Trinajstić information content (AvgIpc) is 2.44. The van der Waals surface area contributed by atoms with Crippen molar-refractivity contribution < 1.29 is 9.13 Å². The fourth-order valence-electron chi connectivity index (χ4n) is 2.28. The Balaban J connectivity index is 2.10. The minimum absolute atomic E-state index is 0.179. The second-order valence-corrected chi connectivity index (χ2v) is 5.06. The lowest BCUT2D eigenvalue weighted by atomic mass is 10.1. The van der Waals surface area contributed by atoms with Gasteiger partial charge in [0.15, 0.2) is 0 Å². The molecule has 0 radical (unpaired) electrons. The molecular formula is C17H21FN2O. The van der Waals surface area contributed by atoms with Gasteiger partial charge in [-0.05, 0) is 38.2 Å². The summed E-state index contributed by atoms with van der Waals surface area (Å²) in [6.07, 6.45) is 0. The van der Waals surface area contributed by atoms with Gasteiger partial charge in [-0.25, -0.2) is 4.39 Å². The lowest BCUT2D eigenvalue weighted by molar-refractivity contribution is 0.295. The van der Waals surface area contributed by atoms with E-state index in [1.165, 1.54) is 6.07 Å². The first-order valence-corrected chi connectivity index (χ1v) is 7.03. The third-order valence-electron chi connectivity index (χ3n) is 3.22. The van der Waals surface area contributed by atoms with Crippen molar-refractivity contribution in [2.24, 2.45) is 0 Å². The van der Waals surface area contributed by atoms with E-state index in [1.807, 2.05) is 43.1 Å². The third-order valence-corrected chi connectivity index (χ3v) is 3.22. The van der Waals surface area contributed by atoms with Crippen molar-refractivity contribution in [3.05, 3.63) is 59.4 Å². The van der Waals surface area contributed by atoms with Gasteiger partial charge in [-0.2, -0.15) is 0 Å². The maximum absolute atomic E-state index is 13.7. The number of hydrogen-bond donors (Lipinski definition) is 1. The van der Waals surface area contributed by atoms with Crippen LogP contribution >= 0.6 is 0 Å². The SMILES string of the molecule is CCOc1ccc(N)cc1CN(C)Cc1ccccc1F. The van der Waals surface area contributed by atoms with Gasteiger partial charge in [-0.1, -0.05) is 18.2 Å². The molecule has 112 valence electrons. The predicted molar refractivity (Wildman–Crippen MR) is 83.6 cm³/mol. The van der Waals surface area contributed by atoms with Gasteiger partial charge in [0.05, 0.1) is 6.61 Å². The molecule has 0 fully saturated rings. The van der Waals surface area contributed by atoms with E-state index in [2.05, 4.69) is 0 Å². The van der Waals surface area contributed by atoms with Crippen molar-refractivity contribution in [1.82, 2.24) is 4.90 Å². The van der Waals surface area contributed by atoms with E-state index in [-0.39, 0.29) is 5.82 Å². The van der Waals surface area contributed by atoms with Crippen LogP contribution in [0.25, 0.3) is 0 Å². The van der Waals surface area contributed by atoms with Crippen molar-refractivity contribution in [1.29, 1.82) is 0 Å². The monoisotopic (exact) mass is 288 g/mol. The van der Waals surface area contributed by atoms with Crippen LogP contribution in [0.3, 0.4) is 0 Å². The number of benzene rings is 2. The summed E-state index contributed by atoms with van der Waals surface area (Å²) in [6.45, 7) is 3.74. The Kier molecular flexibility index (Phi) is 5.17. The Bertz CT molecular complexity index is 601. The largest absolute Gasteiger partial charge is 0.494 e. The van der Waals surface area contributed by atoms with Crippen LogP contribution in [-0.4, -0.2) is 18.6 Å². The second-order valence-electron chi connectivity index (χ2n) is 5.06. The normalized spacial score (nSPS) is 10.9. The Morgan fingerprint density at radius 2 is 1.81 bits per heavy atom. The fraction of sp³-hybridized carbons (Fsp3) is 0.294. The van der Waals surface area contributed by atoms with Crippen LogP contribution in [0.2, 0.25) is 0 Å². The smallest absolute Gasteiger partial charge is 0.127 e. The number of nitrogens with two attached hydrogens (primary N) is 1. The Morgan fingerprint density at radius 1 is 1.10 bits per heavy atom. The highest BCUT2D eigenvalue weighted by atomic mass is 19.1. The van der Waals surface area contributed by atoms with E-state index in [4.69, 9.17) is 10.5 Å². The van der Waals surface area contributed by atoms with Gasteiger partial charge in [0.2, 0.25) is 0 Å². The first kappa shape index (κ1) is 15.3. The molecular weight excluding hydrogens is 267 g/mol. The zero-order chi connectivity index (χ0) is 15.2. The summed E-state index contributed by atoms with van der Waals surface area (Å²) in [5.41, 5.74) is 8.24. The van der Waals surface area contributed by atoms with E-state index in [0.717, 1.165) is 11.3 Å². The highest BCUT2D eigenvalue weighted by Crippen LogP contribution is 2.23. The topological polar surface area (TPSA) is 38.5 Å². The van der Waals surface area contributed by atoms with Gasteiger partial charge in [0.25, 0.3) is 0 Å². The van der Waals surface area contributed by atoms with Crippen LogP contribution in [0.4, 0.5) is 10.1 Å². The van der Waals surface area contributed by atoms with Gasteiger partial charge in [0.1, 0.15) is 11.6 Å². The van der Waals surface area contributed by atoms with Crippen LogP contribution in [0, 0.1) is 5.82 Å².